The fourth-order valence-electron chi connectivity index (χ4n) is 4.46. The van der Waals surface area contributed by atoms with Crippen LogP contribution in [-0.4, -0.2) is 55.6 Å². The van der Waals surface area contributed by atoms with E-state index in [1.807, 2.05) is 60.7 Å². The van der Waals surface area contributed by atoms with E-state index in [0.717, 1.165) is 11.1 Å². The molecule has 2 aromatic carbocycles. The molecule has 1 saturated heterocycles. The van der Waals surface area contributed by atoms with E-state index in [1.165, 1.54) is 28.4 Å². The number of β-lactam (4-membered cyclic amide) rings is 1. The summed E-state index contributed by atoms with van der Waals surface area (Å²) in [4.78, 5) is 49.7. The molecule has 9 nitrogen and oxygen atoms in total. The molecule has 216 valence electrons. The van der Waals surface area contributed by atoms with E-state index in [4.69, 9.17) is 9.47 Å². The van der Waals surface area contributed by atoms with Crippen LogP contribution in [0, 0.1) is 0 Å². The van der Waals surface area contributed by atoms with Crippen LogP contribution in [0.25, 0.3) is 0 Å². The maximum atomic E-state index is 14.0. The second-order valence-electron chi connectivity index (χ2n) is 10.5. The quantitative estimate of drug-likeness (QED) is 0.155. The van der Waals surface area contributed by atoms with Crippen LogP contribution in [0.2, 0.25) is 0 Å². The average molecular weight is 603 g/mol. The van der Waals surface area contributed by atoms with Gasteiger partial charge in [0.05, 0.1) is 0 Å². The van der Waals surface area contributed by atoms with E-state index in [9.17, 15) is 14.4 Å². The first kappa shape index (κ1) is 29.4. The topological polar surface area (TPSA) is 111 Å². The monoisotopic (exact) mass is 602 g/mol. The number of thioether (sulfide) groups is 2. The lowest BCUT2D eigenvalue weighted by atomic mass is 10.0. The zero-order valence-corrected chi connectivity index (χ0v) is 24.9. The van der Waals surface area contributed by atoms with Crippen molar-refractivity contribution in [3.05, 3.63) is 113 Å². The fraction of sp³-hybridized carbons (Fsp3) is 0.258. The highest BCUT2D eigenvalue weighted by Crippen LogP contribution is 2.42. The average Bonchev–Trinajstić information content (AvgIpc) is 2.98. The van der Waals surface area contributed by atoms with Crippen LogP contribution in [0.3, 0.4) is 0 Å². The number of aromatic nitrogens is 2. The van der Waals surface area contributed by atoms with Gasteiger partial charge in [-0.15, -0.1) is 11.8 Å². The highest BCUT2D eigenvalue weighted by Gasteiger charge is 2.54. The van der Waals surface area contributed by atoms with Gasteiger partial charge in [0.15, 0.2) is 11.3 Å². The number of nitrogens with one attached hydrogen (secondary N) is 1. The van der Waals surface area contributed by atoms with Gasteiger partial charge in [-0.05, 0) is 55.0 Å². The molecule has 3 heterocycles. The number of hydrogen-bond acceptors (Lipinski definition) is 9. The number of carbonyl (C=O) groups excluding carboxylic acids is 3. The SMILES string of the molecule is CC(C)(C)OC(=O)NC1C(=O)N2C(C(=O)OC(c3ccccc3)c3ccccc3)=C(/C=C/Sc3ncccn3)CS[C@H]12. The van der Waals surface area contributed by atoms with Crippen molar-refractivity contribution in [2.75, 3.05) is 5.75 Å². The standard InChI is InChI=1S/C31H30N4O5S2/c1-31(2,3)40-30(38)34-23-26(36)35-24(22(19-42-27(23)35)15-18-41-29-32-16-10-17-33-29)28(37)39-25(20-11-6-4-7-12-20)21-13-8-5-9-14-21/h4-18,23,25,27H,19H2,1-3H3,(H,34,38)/b18-15+/t23?,27-/m1/s1. The largest absolute Gasteiger partial charge is 0.448 e. The van der Waals surface area contributed by atoms with E-state index in [-0.39, 0.29) is 5.70 Å². The summed E-state index contributed by atoms with van der Waals surface area (Å²) in [6.07, 6.45) is 3.70. The van der Waals surface area contributed by atoms with Gasteiger partial charge in [-0.3, -0.25) is 9.69 Å². The maximum absolute atomic E-state index is 14.0. The van der Waals surface area contributed by atoms with Crippen molar-refractivity contribution in [2.24, 2.45) is 0 Å². The fourth-order valence-corrected chi connectivity index (χ4v) is 6.38. The Morgan fingerprint density at radius 1 is 1.02 bits per heavy atom. The lowest BCUT2D eigenvalue weighted by Gasteiger charge is -2.49. The Bertz CT molecular complexity index is 1450. The molecule has 42 heavy (non-hydrogen) atoms. The molecule has 1 N–H and O–H groups in total. The lowest BCUT2D eigenvalue weighted by Crippen LogP contribution is -2.70. The minimum absolute atomic E-state index is 0.147. The van der Waals surface area contributed by atoms with E-state index in [1.54, 1.807) is 50.7 Å². The van der Waals surface area contributed by atoms with Gasteiger partial charge in [-0.2, -0.15) is 0 Å². The number of hydrogen-bond donors (Lipinski definition) is 1. The Balaban J connectivity index is 1.44. The first-order valence-corrected chi connectivity index (χ1v) is 15.2. The number of esters is 1. The number of alkyl carbamates (subject to hydrolysis) is 1. The van der Waals surface area contributed by atoms with E-state index < -0.39 is 41.1 Å². The van der Waals surface area contributed by atoms with Crippen LogP contribution in [0.15, 0.2) is 107 Å². The third-order valence-electron chi connectivity index (χ3n) is 6.28. The lowest BCUT2D eigenvalue weighted by molar-refractivity contribution is -0.153. The van der Waals surface area contributed by atoms with Crippen LogP contribution in [0.1, 0.15) is 38.0 Å². The van der Waals surface area contributed by atoms with Gasteiger partial charge in [0, 0.05) is 18.1 Å². The Labute approximate surface area is 252 Å². The summed E-state index contributed by atoms with van der Waals surface area (Å²) in [5.41, 5.74) is 1.65. The summed E-state index contributed by atoms with van der Waals surface area (Å²) in [6, 6.07) is 19.8. The predicted octanol–water partition coefficient (Wildman–Crippen LogP) is 5.48. The molecule has 2 atom stereocenters. The molecular weight excluding hydrogens is 572 g/mol. The molecule has 1 aromatic heterocycles. The number of nitrogens with zero attached hydrogens (tertiary/aromatic N) is 3. The molecule has 2 aliphatic heterocycles. The molecule has 0 aliphatic carbocycles. The molecule has 5 rings (SSSR count). The molecule has 0 radical (unpaired) electrons. The van der Waals surface area contributed by atoms with Crippen molar-refractivity contribution < 1.29 is 23.9 Å². The Hall–Kier alpha value is -4.09. The third-order valence-corrected chi connectivity index (χ3v) is 8.27. The predicted molar refractivity (Wildman–Crippen MR) is 161 cm³/mol. The van der Waals surface area contributed by atoms with Crippen LogP contribution < -0.4 is 5.32 Å². The number of fused-ring (bicyclic) bond motifs is 1. The molecule has 1 unspecified atom stereocenters. The number of allylic oxidation sites excluding steroid dienone is 1. The molecule has 0 bridgehead atoms. The molecule has 0 spiro atoms. The third kappa shape index (κ3) is 6.85. The highest BCUT2D eigenvalue weighted by molar-refractivity contribution is 8.02. The molecule has 2 aliphatic rings. The Kier molecular flexibility index (Phi) is 8.98. The van der Waals surface area contributed by atoms with Crippen molar-refractivity contribution in [3.63, 3.8) is 0 Å². The van der Waals surface area contributed by atoms with E-state index >= 15 is 0 Å². The summed E-state index contributed by atoms with van der Waals surface area (Å²) < 4.78 is 11.5. The second-order valence-corrected chi connectivity index (χ2v) is 12.4. The first-order chi connectivity index (χ1) is 20.2. The van der Waals surface area contributed by atoms with Crippen LogP contribution in [0.4, 0.5) is 4.79 Å². The van der Waals surface area contributed by atoms with Crippen molar-refractivity contribution in [3.8, 4) is 0 Å². The number of amides is 2. The number of benzene rings is 2. The number of ether oxygens (including phenoxy) is 2. The zero-order valence-electron chi connectivity index (χ0n) is 23.3. The van der Waals surface area contributed by atoms with Gasteiger partial charge >= 0.3 is 12.1 Å². The van der Waals surface area contributed by atoms with Gasteiger partial charge in [-0.25, -0.2) is 19.6 Å². The van der Waals surface area contributed by atoms with Crippen molar-refractivity contribution in [2.45, 2.75) is 49.0 Å². The van der Waals surface area contributed by atoms with Crippen LogP contribution in [-0.2, 0) is 19.1 Å². The molecule has 1 fully saturated rings. The van der Waals surface area contributed by atoms with Gasteiger partial charge in [0.2, 0.25) is 0 Å². The minimum Gasteiger partial charge on any atom is -0.448 e. The summed E-state index contributed by atoms with van der Waals surface area (Å²) in [6.45, 7) is 5.25. The molecule has 11 heteroatoms. The van der Waals surface area contributed by atoms with Crippen molar-refractivity contribution >= 4 is 41.5 Å². The van der Waals surface area contributed by atoms with Crippen molar-refractivity contribution in [1.29, 1.82) is 0 Å². The van der Waals surface area contributed by atoms with Crippen LogP contribution in [0.5, 0.6) is 0 Å². The summed E-state index contributed by atoms with van der Waals surface area (Å²) in [5.74, 6) is -0.631. The van der Waals surface area contributed by atoms with Gasteiger partial charge in [0.1, 0.15) is 22.7 Å². The minimum atomic E-state index is -0.829. The molecule has 3 aromatic rings. The maximum Gasteiger partial charge on any atom is 0.408 e. The number of carbonyl (C=O) groups is 3. The van der Waals surface area contributed by atoms with Crippen molar-refractivity contribution in [1.82, 2.24) is 20.2 Å². The highest BCUT2D eigenvalue weighted by atomic mass is 32.2. The number of rotatable bonds is 8. The van der Waals surface area contributed by atoms with Crippen LogP contribution >= 0.6 is 23.5 Å². The summed E-state index contributed by atoms with van der Waals surface area (Å²) in [5, 5.41) is 4.52. The van der Waals surface area contributed by atoms with E-state index in [2.05, 4.69) is 15.3 Å². The van der Waals surface area contributed by atoms with Gasteiger partial charge < -0.3 is 14.8 Å². The van der Waals surface area contributed by atoms with Gasteiger partial charge in [-0.1, -0.05) is 72.4 Å². The molecule has 2 amide bonds. The summed E-state index contributed by atoms with van der Waals surface area (Å²) >= 11 is 2.74. The second kappa shape index (κ2) is 12.8. The Morgan fingerprint density at radius 2 is 1.64 bits per heavy atom. The smallest absolute Gasteiger partial charge is 0.408 e. The van der Waals surface area contributed by atoms with Gasteiger partial charge in [0.25, 0.3) is 5.91 Å². The normalized spacial score (nSPS) is 18.5. The Morgan fingerprint density at radius 3 is 2.24 bits per heavy atom. The zero-order chi connectivity index (χ0) is 29.7. The molecule has 0 saturated carbocycles. The van der Waals surface area contributed by atoms with E-state index in [0.29, 0.717) is 16.5 Å². The first-order valence-electron chi connectivity index (χ1n) is 13.3. The summed E-state index contributed by atoms with van der Waals surface area (Å²) in [7, 11) is 0. The molecular formula is C31H30N4O5S2.